The van der Waals surface area contributed by atoms with E-state index < -0.39 is 0 Å². The first-order chi connectivity index (χ1) is 9.28. The predicted molar refractivity (Wildman–Crippen MR) is 70.3 cm³/mol. The van der Waals surface area contributed by atoms with Crippen LogP contribution in [0.1, 0.15) is 0 Å². The van der Waals surface area contributed by atoms with Crippen LogP contribution in [0.4, 0.5) is 11.6 Å². The first kappa shape index (κ1) is 12.3. The van der Waals surface area contributed by atoms with E-state index in [-0.39, 0.29) is 12.0 Å². The molecule has 0 saturated carbocycles. The maximum atomic E-state index is 11.7. The number of nitrogens with one attached hydrogen (secondary N) is 1. The van der Waals surface area contributed by atoms with E-state index in [1.807, 2.05) is 0 Å². The van der Waals surface area contributed by atoms with Gasteiger partial charge in [-0.15, -0.1) is 0 Å². The molecule has 2 aliphatic rings. The highest BCUT2D eigenvalue weighted by atomic mass is 16.5. The molecular formula is C12H17N5O2. The molecule has 2 aliphatic heterocycles. The number of aromatic nitrogens is 2. The van der Waals surface area contributed by atoms with Gasteiger partial charge in [-0.05, 0) is 0 Å². The number of nitrogens with zero attached hydrogens (tertiary/aromatic N) is 4. The molecule has 19 heavy (non-hydrogen) atoms. The van der Waals surface area contributed by atoms with Gasteiger partial charge in [0.25, 0.3) is 0 Å². The second kappa shape index (κ2) is 5.10. The van der Waals surface area contributed by atoms with E-state index >= 15 is 0 Å². The van der Waals surface area contributed by atoms with Crippen molar-refractivity contribution < 1.29 is 9.53 Å². The van der Waals surface area contributed by atoms with Gasteiger partial charge in [0.2, 0.25) is 11.9 Å². The van der Waals surface area contributed by atoms with Gasteiger partial charge in [-0.2, -0.15) is 0 Å². The Labute approximate surface area is 111 Å². The quantitative estimate of drug-likeness (QED) is 0.773. The van der Waals surface area contributed by atoms with Gasteiger partial charge >= 0.3 is 0 Å². The topological polar surface area (TPSA) is 70.6 Å². The first-order valence-corrected chi connectivity index (χ1v) is 6.39. The lowest BCUT2D eigenvalue weighted by molar-refractivity contribution is -0.118. The highest BCUT2D eigenvalue weighted by Gasteiger charge is 2.28. The Balaban J connectivity index is 1.67. The molecule has 1 N–H and O–H groups in total. The number of piperazine rings is 1. The minimum atomic E-state index is 0.0611. The minimum Gasteiger partial charge on any atom is -0.378 e. The van der Waals surface area contributed by atoms with Gasteiger partial charge in [-0.1, -0.05) is 0 Å². The molecule has 7 heteroatoms. The van der Waals surface area contributed by atoms with Crippen molar-refractivity contribution in [3.63, 3.8) is 0 Å². The zero-order valence-electron chi connectivity index (χ0n) is 10.9. The highest BCUT2D eigenvalue weighted by molar-refractivity contribution is 5.95. The van der Waals surface area contributed by atoms with E-state index in [0.717, 1.165) is 25.3 Å². The second-order valence-corrected chi connectivity index (χ2v) is 4.73. The molecule has 2 fully saturated rings. The third-order valence-corrected chi connectivity index (χ3v) is 3.49. The fraction of sp³-hybridized carbons (Fsp3) is 0.583. The Kier molecular flexibility index (Phi) is 3.31. The molecule has 7 nitrogen and oxygen atoms in total. The maximum Gasteiger partial charge on any atom is 0.241 e. The van der Waals surface area contributed by atoms with Crippen LogP contribution < -0.4 is 15.1 Å². The highest BCUT2D eigenvalue weighted by Crippen LogP contribution is 2.20. The Morgan fingerprint density at radius 2 is 2.11 bits per heavy atom. The summed E-state index contributed by atoms with van der Waals surface area (Å²) in [6.07, 6.45) is 3.70. The van der Waals surface area contributed by atoms with Gasteiger partial charge in [-0.25, -0.2) is 9.97 Å². The number of methoxy groups -OCH3 is 1. The molecule has 3 rings (SSSR count). The van der Waals surface area contributed by atoms with Crippen LogP contribution in [0.5, 0.6) is 0 Å². The SMILES string of the molecule is COC1CN(c2ncc(N3CCNCC3=O)cn2)C1. The summed E-state index contributed by atoms with van der Waals surface area (Å²) in [7, 11) is 1.71. The van der Waals surface area contributed by atoms with Crippen molar-refractivity contribution in [2.24, 2.45) is 0 Å². The summed E-state index contributed by atoms with van der Waals surface area (Å²) in [5, 5.41) is 3.04. The Bertz CT molecular complexity index is 458. The van der Waals surface area contributed by atoms with E-state index in [9.17, 15) is 4.79 Å². The van der Waals surface area contributed by atoms with Crippen LogP contribution in [0.2, 0.25) is 0 Å². The molecule has 0 radical (unpaired) electrons. The average molecular weight is 263 g/mol. The molecule has 0 unspecified atom stereocenters. The van der Waals surface area contributed by atoms with Gasteiger partial charge in [0.1, 0.15) is 0 Å². The molecular weight excluding hydrogens is 246 g/mol. The Morgan fingerprint density at radius 3 is 2.74 bits per heavy atom. The molecule has 1 aromatic rings. The smallest absolute Gasteiger partial charge is 0.241 e. The molecule has 0 atom stereocenters. The number of rotatable bonds is 3. The van der Waals surface area contributed by atoms with Crippen molar-refractivity contribution in [1.29, 1.82) is 0 Å². The van der Waals surface area contributed by atoms with E-state index in [1.165, 1.54) is 0 Å². The Morgan fingerprint density at radius 1 is 1.37 bits per heavy atom. The van der Waals surface area contributed by atoms with Crippen LogP contribution in [0, 0.1) is 0 Å². The average Bonchev–Trinajstić information content (AvgIpc) is 2.39. The fourth-order valence-corrected chi connectivity index (χ4v) is 2.25. The molecule has 1 aromatic heterocycles. The summed E-state index contributed by atoms with van der Waals surface area (Å²) in [5.74, 6) is 0.755. The second-order valence-electron chi connectivity index (χ2n) is 4.73. The molecule has 1 amide bonds. The predicted octanol–water partition coefficient (Wildman–Crippen LogP) is -0.752. The number of anilines is 2. The zero-order chi connectivity index (χ0) is 13.2. The molecule has 0 spiro atoms. The number of hydrogen-bond acceptors (Lipinski definition) is 6. The molecule has 2 saturated heterocycles. The first-order valence-electron chi connectivity index (χ1n) is 6.39. The largest absolute Gasteiger partial charge is 0.378 e. The number of amides is 1. The van der Waals surface area contributed by atoms with Crippen LogP contribution in [-0.2, 0) is 9.53 Å². The minimum absolute atomic E-state index is 0.0611. The van der Waals surface area contributed by atoms with Crippen LogP contribution in [0.25, 0.3) is 0 Å². The van der Waals surface area contributed by atoms with Crippen molar-refractivity contribution in [3.8, 4) is 0 Å². The third-order valence-electron chi connectivity index (χ3n) is 3.49. The van der Waals surface area contributed by atoms with E-state index in [1.54, 1.807) is 24.4 Å². The van der Waals surface area contributed by atoms with Gasteiger partial charge in [0, 0.05) is 33.3 Å². The van der Waals surface area contributed by atoms with Crippen molar-refractivity contribution >= 4 is 17.5 Å². The summed E-state index contributed by atoms with van der Waals surface area (Å²) in [5.41, 5.74) is 0.763. The van der Waals surface area contributed by atoms with Gasteiger partial charge in [0.05, 0.1) is 30.7 Å². The molecule has 102 valence electrons. The summed E-state index contributed by atoms with van der Waals surface area (Å²) in [4.78, 5) is 24.2. The summed E-state index contributed by atoms with van der Waals surface area (Å²) >= 11 is 0. The Hall–Kier alpha value is -1.73. The van der Waals surface area contributed by atoms with Gasteiger partial charge < -0.3 is 19.9 Å². The molecule has 3 heterocycles. The van der Waals surface area contributed by atoms with E-state index in [4.69, 9.17) is 4.74 Å². The van der Waals surface area contributed by atoms with Gasteiger partial charge in [0.15, 0.2) is 0 Å². The van der Waals surface area contributed by atoms with Crippen LogP contribution in [0.3, 0.4) is 0 Å². The lowest BCUT2D eigenvalue weighted by atomic mass is 10.2. The van der Waals surface area contributed by atoms with Crippen molar-refractivity contribution in [3.05, 3.63) is 12.4 Å². The fourth-order valence-electron chi connectivity index (χ4n) is 2.25. The lowest BCUT2D eigenvalue weighted by Crippen LogP contribution is -2.52. The number of ether oxygens (including phenoxy) is 1. The van der Waals surface area contributed by atoms with Crippen molar-refractivity contribution in [2.45, 2.75) is 6.10 Å². The zero-order valence-corrected chi connectivity index (χ0v) is 10.9. The number of carbonyl (C=O) groups excluding carboxylic acids is 1. The maximum absolute atomic E-state index is 11.7. The van der Waals surface area contributed by atoms with Gasteiger partial charge in [-0.3, -0.25) is 4.79 Å². The molecule has 0 bridgehead atoms. The summed E-state index contributed by atoms with van der Waals surface area (Å²) < 4.78 is 5.21. The van der Waals surface area contributed by atoms with Crippen molar-refractivity contribution in [1.82, 2.24) is 15.3 Å². The van der Waals surface area contributed by atoms with Crippen LogP contribution in [-0.4, -0.2) is 61.8 Å². The third kappa shape index (κ3) is 2.39. The van der Waals surface area contributed by atoms with E-state index in [2.05, 4.69) is 20.2 Å². The van der Waals surface area contributed by atoms with Crippen LogP contribution >= 0.6 is 0 Å². The van der Waals surface area contributed by atoms with Crippen molar-refractivity contribution in [2.75, 3.05) is 49.6 Å². The number of hydrogen-bond donors (Lipinski definition) is 1. The summed E-state index contributed by atoms with van der Waals surface area (Å²) in [6, 6.07) is 0. The number of carbonyl (C=O) groups is 1. The van der Waals surface area contributed by atoms with Crippen LogP contribution in [0.15, 0.2) is 12.4 Å². The summed E-state index contributed by atoms with van der Waals surface area (Å²) in [6.45, 7) is 3.49. The monoisotopic (exact) mass is 263 g/mol. The normalized spacial score (nSPS) is 20.6. The van der Waals surface area contributed by atoms with E-state index in [0.29, 0.717) is 19.0 Å². The standard InChI is InChI=1S/C12H17N5O2/c1-19-10-7-16(8-10)12-14-4-9(5-15-12)17-3-2-13-6-11(17)18/h4-5,10,13H,2-3,6-8H2,1H3. The lowest BCUT2D eigenvalue weighted by Gasteiger charge is -2.38. The molecule has 0 aromatic carbocycles. The molecule has 0 aliphatic carbocycles.